The zero-order valence-corrected chi connectivity index (χ0v) is 11.5. The van der Waals surface area contributed by atoms with Gasteiger partial charge in [-0.2, -0.15) is 0 Å². The van der Waals surface area contributed by atoms with E-state index in [0.717, 1.165) is 27.4 Å². The fourth-order valence-electron chi connectivity index (χ4n) is 2.74. The average molecular weight is 275 g/mol. The van der Waals surface area contributed by atoms with Crippen LogP contribution in [0.1, 0.15) is 0 Å². The highest BCUT2D eigenvalue weighted by Crippen LogP contribution is 2.28. The Balaban J connectivity index is 2.06. The molecule has 21 heavy (non-hydrogen) atoms. The van der Waals surface area contributed by atoms with Crippen molar-refractivity contribution in [1.29, 1.82) is 0 Å². The maximum atomic E-state index is 12.1. The minimum Gasteiger partial charge on any atom is -0.357 e. The van der Waals surface area contributed by atoms with Gasteiger partial charge in [-0.1, -0.05) is 12.1 Å². The smallest absolute Gasteiger partial charge is 0.274 e. The highest BCUT2D eigenvalue weighted by molar-refractivity contribution is 5.96. The molecule has 0 unspecified atom stereocenters. The van der Waals surface area contributed by atoms with Crippen molar-refractivity contribution in [1.82, 2.24) is 14.5 Å². The highest BCUT2D eigenvalue weighted by atomic mass is 16.1. The molecule has 0 radical (unpaired) electrons. The molecule has 4 rings (SSSR count). The molecule has 0 aliphatic rings. The number of H-pyrrole nitrogens is 1. The average Bonchev–Trinajstić information content (AvgIpc) is 3.00. The molecule has 3 heterocycles. The summed E-state index contributed by atoms with van der Waals surface area (Å²) in [4.78, 5) is 19.5. The molecule has 1 N–H and O–H groups in total. The zero-order chi connectivity index (χ0) is 14.4. The van der Waals surface area contributed by atoms with Crippen molar-refractivity contribution in [2.75, 3.05) is 0 Å². The van der Waals surface area contributed by atoms with Gasteiger partial charge in [0, 0.05) is 42.0 Å². The van der Waals surface area contributed by atoms with Gasteiger partial charge < -0.3 is 9.55 Å². The van der Waals surface area contributed by atoms with E-state index in [-0.39, 0.29) is 5.56 Å². The maximum absolute atomic E-state index is 12.1. The second-order valence-electron chi connectivity index (χ2n) is 5.14. The quantitative estimate of drug-likeness (QED) is 0.580. The van der Waals surface area contributed by atoms with Gasteiger partial charge in [0.1, 0.15) is 5.52 Å². The summed E-state index contributed by atoms with van der Waals surface area (Å²) in [5.74, 6) is 0. The third kappa shape index (κ3) is 1.76. The molecular weight excluding hydrogens is 262 g/mol. The second-order valence-corrected chi connectivity index (χ2v) is 5.14. The summed E-state index contributed by atoms with van der Waals surface area (Å²) in [6, 6.07) is 12.1. The van der Waals surface area contributed by atoms with Crippen LogP contribution >= 0.6 is 0 Å². The first kappa shape index (κ1) is 11.9. The number of aromatic amines is 1. The Morgan fingerprint density at radius 2 is 2.10 bits per heavy atom. The van der Waals surface area contributed by atoms with Crippen molar-refractivity contribution in [2.45, 2.75) is 0 Å². The number of nitrogens with one attached hydrogen (secondary N) is 1. The summed E-state index contributed by atoms with van der Waals surface area (Å²) >= 11 is 0. The Bertz CT molecular complexity index is 1030. The molecule has 0 atom stereocenters. The number of fused-ring (bicyclic) bond motifs is 2. The summed E-state index contributed by atoms with van der Waals surface area (Å²) in [7, 11) is 1.77. The van der Waals surface area contributed by atoms with E-state index in [0.29, 0.717) is 5.52 Å². The van der Waals surface area contributed by atoms with Crippen LogP contribution in [0, 0.1) is 0 Å². The Hall–Kier alpha value is -2.88. The number of hydrogen-bond donors (Lipinski definition) is 1. The summed E-state index contributed by atoms with van der Waals surface area (Å²) in [5, 5.41) is 2.04. The Morgan fingerprint density at radius 1 is 1.19 bits per heavy atom. The van der Waals surface area contributed by atoms with Gasteiger partial charge in [0.2, 0.25) is 0 Å². The SMILES string of the molecule is Cn1cc(-c2ccc3ncccc3c2)c2cc[nH]c2c1=O. The predicted molar refractivity (Wildman–Crippen MR) is 84.3 cm³/mol. The molecular formula is C17H13N3O. The van der Waals surface area contributed by atoms with Crippen LogP contribution in [-0.4, -0.2) is 14.5 Å². The molecule has 4 heteroatoms. The highest BCUT2D eigenvalue weighted by Gasteiger charge is 2.10. The first-order valence-corrected chi connectivity index (χ1v) is 6.76. The van der Waals surface area contributed by atoms with Crippen LogP contribution in [0.4, 0.5) is 0 Å². The van der Waals surface area contributed by atoms with Crippen LogP contribution in [0.3, 0.4) is 0 Å². The molecule has 0 aliphatic carbocycles. The van der Waals surface area contributed by atoms with Crippen LogP contribution < -0.4 is 5.56 Å². The van der Waals surface area contributed by atoms with E-state index < -0.39 is 0 Å². The van der Waals surface area contributed by atoms with Crippen LogP contribution in [0.2, 0.25) is 0 Å². The first-order chi connectivity index (χ1) is 10.2. The van der Waals surface area contributed by atoms with Gasteiger partial charge in [-0.05, 0) is 29.8 Å². The molecule has 4 aromatic rings. The number of nitrogens with zero attached hydrogens (tertiary/aromatic N) is 2. The van der Waals surface area contributed by atoms with Crippen LogP contribution in [-0.2, 0) is 7.05 Å². The molecule has 0 fully saturated rings. The van der Waals surface area contributed by atoms with E-state index >= 15 is 0 Å². The lowest BCUT2D eigenvalue weighted by atomic mass is 10.0. The Kier molecular flexibility index (Phi) is 2.44. The molecule has 102 valence electrons. The fraction of sp³-hybridized carbons (Fsp3) is 0.0588. The van der Waals surface area contributed by atoms with E-state index in [4.69, 9.17) is 0 Å². The van der Waals surface area contributed by atoms with E-state index in [2.05, 4.69) is 16.0 Å². The summed E-state index contributed by atoms with van der Waals surface area (Å²) < 4.78 is 1.61. The van der Waals surface area contributed by atoms with Crippen LogP contribution in [0.15, 0.2) is 59.8 Å². The van der Waals surface area contributed by atoms with Crippen molar-refractivity contribution < 1.29 is 0 Å². The van der Waals surface area contributed by atoms with E-state index in [1.165, 1.54) is 0 Å². The topological polar surface area (TPSA) is 50.7 Å². The largest absolute Gasteiger partial charge is 0.357 e. The zero-order valence-electron chi connectivity index (χ0n) is 11.5. The summed E-state index contributed by atoms with van der Waals surface area (Å²) in [6.07, 6.45) is 5.48. The van der Waals surface area contributed by atoms with Gasteiger partial charge in [0.05, 0.1) is 5.52 Å². The standard InChI is InChI=1S/C17H13N3O/c1-20-10-14(13-6-8-19-16(13)17(20)21)11-4-5-15-12(9-11)3-2-7-18-15/h2-10,19H,1H3. The normalized spacial score (nSPS) is 11.3. The lowest BCUT2D eigenvalue weighted by Gasteiger charge is -2.08. The molecule has 4 nitrogen and oxygen atoms in total. The molecule has 0 spiro atoms. The van der Waals surface area contributed by atoms with Crippen molar-refractivity contribution >= 4 is 21.8 Å². The van der Waals surface area contributed by atoms with E-state index in [1.807, 2.05) is 36.5 Å². The van der Waals surface area contributed by atoms with Gasteiger partial charge in [-0.25, -0.2) is 0 Å². The minimum atomic E-state index is -0.0128. The minimum absolute atomic E-state index is 0.0128. The number of rotatable bonds is 1. The van der Waals surface area contributed by atoms with Crippen molar-refractivity contribution in [3.05, 3.63) is 65.3 Å². The van der Waals surface area contributed by atoms with Crippen LogP contribution in [0.25, 0.3) is 32.9 Å². The number of aryl methyl sites for hydroxylation is 1. The van der Waals surface area contributed by atoms with E-state index in [9.17, 15) is 4.79 Å². The van der Waals surface area contributed by atoms with Gasteiger partial charge in [-0.15, -0.1) is 0 Å². The monoisotopic (exact) mass is 275 g/mol. The molecule has 0 saturated heterocycles. The number of aromatic nitrogens is 3. The molecule has 1 aromatic carbocycles. The van der Waals surface area contributed by atoms with E-state index in [1.54, 1.807) is 24.0 Å². The molecule has 0 aliphatic heterocycles. The molecule has 0 saturated carbocycles. The van der Waals surface area contributed by atoms with Crippen LogP contribution in [0.5, 0.6) is 0 Å². The van der Waals surface area contributed by atoms with Crippen molar-refractivity contribution in [3.63, 3.8) is 0 Å². The first-order valence-electron chi connectivity index (χ1n) is 6.76. The molecule has 3 aromatic heterocycles. The lowest BCUT2D eigenvalue weighted by molar-refractivity contribution is 0.872. The Morgan fingerprint density at radius 3 is 3.00 bits per heavy atom. The van der Waals surface area contributed by atoms with Gasteiger partial charge >= 0.3 is 0 Å². The third-order valence-electron chi connectivity index (χ3n) is 3.81. The lowest BCUT2D eigenvalue weighted by Crippen LogP contribution is -2.16. The summed E-state index contributed by atoms with van der Waals surface area (Å²) in [6.45, 7) is 0. The second kappa shape index (κ2) is 4.31. The molecule has 0 bridgehead atoms. The number of hydrogen-bond acceptors (Lipinski definition) is 2. The maximum Gasteiger partial charge on any atom is 0.274 e. The third-order valence-corrected chi connectivity index (χ3v) is 3.81. The molecule has 0 amide bonds. The van der Waals surface area contributed by atoms with Gasteiger partial charge in [0.15, 0.2) is 0 Å². The number of pyridine rings is 2. The fourth-order valence-corrected chi connectivity index (χ4v) is 2.74. The predicted octanol–water partition coefficient (Wildman–Crippen LogP) is 3.08. The van der Waals surface area contributed by atoms with Gasteiger partial charge in [-0.3, -0.25) is 9.78 Å². The Labute approximate surface area is 120 Å². The van der Waals surface area contributed by atoms with Gasteiger partial charge in [0.25, 0.3) is 5.56 Å². The van der Waals surface area contributed by atoms with Crippen molar-refractivity contribution in [3.8, 4) is 11.1 Å². The van der Waals surface area contributed by atoms with Crippen molar-refractivity contribution in [2.24, 2.45) is 7.05 Å². The number of benzene rings is 1. The summed E-state index contributed by atoms with van der Waals surface area (Å²) in [5.41, 5.74) is 3.72.